The van der Waals surface area contributed by atoms with Crippen molar-refractivity contribution >= 4 is 33.6 Å². The molecule has 0 bridgehead atoms. The minimum atomic E-state index is -5.84. The number of alkyl halides is 3. The van der Waals surface area contributed by atoms with E-state index >= 15 is 0 Å². The zero-order valence-electron chi connectivity index (χ0n) is 17.6. The van der Waals surface area contributed by atoms with Crippen molar-refractivity contribution in [2.75, 3.05) is 7.11 Å². The molecule has 1 amide bonds. The third kappa shape index (κ3) is 7.60. The molecule has 0 radical (unpaired) electrons. The summed E-state index contributed by atoms with van der Waals surface area (Å²) in [4.78, 5) is 24.4. The lowest BCUT2D eigenvalue weighted by molar-refractivity contribution is -0.142. The molecule has 13 heteroatoms. The monoisotopic (exact) mass is 513 g/mol. The molecule has 0 fully saturated rings. The van der Waals surface area contributed by atoms with Gasteiger partial charge in [0.15, 0.2) is 0 Å². The third-order valence-corrected chi connectivity index (χ3v) is 5.13. The summed E-state index contributed by atoms with van der Waals surface area (Å²) in [5.41, 5.74) is -5.79. The molecule has 0 aliphatic rings. The Morgan fingerprint density at radius 2 is 1.67 bits per heavy atom. The molecule has 0 aromatic heterocycles. The minimum Gasteiger partial charge on any atom is -0.467 e. The molecular weight excluding hydrogens is 494 g/mol. The predicted octanol–water partition coefficient (Wildman–Crippen LogP) is 4.25. The normalized spacial score (nSPS) is 12.1. The lowest BCUT2D eigenvalue weighted by Crippen LogP contribution is -2.43. The fraction of sp³-hybridized carbons (Fsp3) is 0.300. The first kappa shape index (κ1) is 28.2. The summed E-state index contributed by atoms with van der Waals surface area (Å²) in [6, 6.07) is 6.49. The van der Waals surface area contributed by atoms with Gasteiger partial charge in [0.05, 0.1) is 17.7 Å². The number of carbonyl (C=O) groups is 2. The topological polar surface area (TPSA) is 98.8 Å². The van der Waals surface area contributed by atoms with Crippen molar-refractivity contribution in [2.45, 2.75) is 31.8 Å². The quantitative estimate of drug-likeness (QED) is 0.257. The van der Waals surface area contributed by atoms with E-state index in [1.165, 1.54) is 24.3 Å². The summed E-state index contributed by atoms with van der Waals surface area (Å²) >= 11 is 5.82. The predicted molar refractivity (Wildman–Crippen MR) is 112 cm³/mol. The van der Waals surface area contributed by atoms with Crippen LogP contribution in [0.4, 0.5) is 17.6 Å². The number of esters is 1. The molecule has 0 aliphatic heterocycles. The number of rotatable bonds is 7. The van der Waals surface area contributed by atoms with Crippen LogP contribution in [0.15, 0.2) is 42.5 Å². The first-order chi connectivity index (χ1) is 15.4. The largest absolute Gasteiger partial charge is 0.534 e. The van der Waals surface area contributed by atoms with Crippen LogP contribution in [0.25, 0.3) is 0 Å². The molecule has 2 rings (SSSR count). The van der Waals surface area contributed by atoms with Crippen LogP contribution >= 0.6 is 11.6 Å². The van der Waals surface area contributed by atoms with Crippen molar-refractivity contribution in [3.8, 4) is 5.75 Å². The van der Waals surface area contributed by atoms with Gasteiger partial charge in [-0.15, -0.1) is 0 Å². The van der Waals surface area contributed by atoms with E-state index in [0.717, 1.165) is 25.3 Å². The molecule has 33 heavy (non-hydrogen) atoms. The zero-order valence-corrected chi connectivity index (χ0v) is 19.1. The van der Waals surface area contributed by atoms with E-state index in [1.54, 1.807) is 0 Å². The highest BCUT2D eigenvalue weighted by Gasteiger charge is 2.48. The molecule has 2 aromatic carbocycles. The van der Waals surface area contributed by atoms with Crippen LogP contribution in [0.1, 0.15) is 29.8 Å². The van der Waals surface area contributed by atoms with Gasteiger partial charge in [-0.1, -0.05) is 43.6 Å². The number of ether oxygens (including phenoxy) is 1. The molecule has 0 saturated heterocycles. The zero-order chi connectivity index (χ0) is 25.4. The standard InChI is InChI=1S/C18H14ClF4NO6S.C2H6/c1-29-17(26)14(24-16(25)15-12(19)3-2-4-13(15)20)9-10-5-7-11(8-6-10)30-31(27,28)18(21,22)23;1-2/h2-8,14H,9H2,1H3,(H,24,25);1-2H3. The molecule has 2 aromatic rings. The van der Waals surface area contributed by atoms with Crippen LogP contribution < -0.4 is 9.50 Å². The maximum absolute atomic E-state index is 13.9. The number of methoxy groups -OCH3 is 1. The van der Waals surface area contributed by atoms with Crippen molar-refractivity contribution in [1.29, 1.82) is 0 Å². The Balaban J connectivity index is 0.00000265. The Morgan fingerprint density at radius 1 is 1.09 bits per heavy atom. The van der Waals surface area contributed by atoms with Crippen molar-refractivity contribution in [3.05, 3.63) is 64.4 Å². The van der Waals surface area contributed by atoms with E-state index in [1.807, 2.05) is 13.8 Å². The molecule has 7 nitrogen and oxygen atoms in total. The van der Waals surface area contributed by atoms with Crippen LogP contribution in [-0.2, 0) is 26.1 Å². The number of benzene rings is 2. The van der Waals surface area contributed by atoms with Gasteiger partial charge in [0.2, 0.25) is 0 Å². The SMILES string of the molecule is CC.COC(=O)C(Cc1ccc(OS(=O)(=O)C(F)(F)F)cc1)NC(=O)c1c(F)cccc1Cl. The molecule has 0 spiro atoms. The molecule has 0 heterocycles. The fourth-order valence-corrected chi connectivity index (χ4v) is 3.08. The molecule has 182 valence electrons. The van der Waals surface area contributed by atoms with E-state index in [-0.39, 0.29) is 11.4 Å². The molecular formula is C20H20ClF4NO6S. The summed E-state index contributed by atoms with van der Waals surface area (Å²) < 4.78 is 81.7. The van der Waals surface area contributed by atoms with Crippen molar-refractivity contribution in [3.63, 3.8) is 0 Å². The molecule has 1 atom stereocenters. The number of carbonyl (C=O) groups excluding carboxylic acids is 2. The Morgan fingerprint density at radius 3 is 2.15 bits per heavy atom. The Hall–Kier alpha value is -2.86. The molecule has 1 unspecified atom stereocenters. The van der Waals surface area contributed by atoms with Gasteiger partial charge in [0.1, 0.15) is 17.6 Å². The molecule has 0 aliphatic carbocycles. The lowest BCUT2D eigenvalue weighted by atomic mass is 10.0. The number of amides is 1. The first-order valence-electron chi connectivity index (χ1n) is 9.28. The van der Waals surface area contributed by atoms with Crippen molar-refractivity contribution in [2.24, 2.45) is 0 Å². The van der Waals surface area contributed by atoms with Crippen LogP contribution in [0.2, 0.25) is 5.02 Å². The second kappa shape index (κ2) is 11.8. The smallest absolute Gasteiger partial charge is 0.467 e. The summed E-state index contributed by atoms with van der Waals surface area (Å²) in [6.45, 7) is 4.00. The second-order valence-electron chi connectivity index (χ2n) is 5.98. The van der Waals surface area contributed by atoms with Gasteiger partial charge in [0, 0.05) is 6.42 Å². The van der Waals surface area contributed by atoms with Crippen molar-refractivity contribution in [1.82, 2.24) is 5.32 Å². The highest BCUT2D eigenvalue weighted by atomic mass is 35.5. The Bertz CT molecular complexity index is 1050. The van der Waals surface area contributed by atoms with Gasteiger partial charge in [-0.2, -0.15) is 21.6 Å². The summed E-state index contributed by atoms with van der Waals surface area (Å²) in [7, 11) is -4.79. The Labute approximate surface area is 192 Å². The first-order valence-corrected chi connectivity index (χ1v) is 11.1. The van der Waals surface area contributed by atoms with E-state index in [2.05, 4.69) is 14.2 Å². The number of hydrogen-bond donors (Lipinski definition) is 1. The second-order valence-corrected chi connectivity index (χ2v) is 7.92. The minimum absolute atomic E-state index is 0.187. The lowest BCUT2D eigenvalue weighted by Gasteiger charge is -2.17. The van der Waals surface area contributed by atoms with Gasteiger partial charge in [-0.05, 0) is 29.8 Å². The van der Waals surface area contributed by atoms with Crippen LogP contribution in [0.3, 0.4) is 0 Å². The van der Waals surface area contributed by atoms with Gasteiger partial charge in [-0.3, -0.25) is 4.79 Å². The summed E-state index contributed by atoms with van der Waals surface area (Å²) in [5, 5.41) is 2.09. The highest BCUT2D eigenvalue weighted by molar-refractivity contribution is 7.88. The molecule has 1 N–H and O–H groups in total. The van der Waals surface area contributed by atoms with E-state index in [0.29, 0.717) is 5.56 Å². The third-order valence-electron chi connectivity index (χ3n) is 3.83. The van der Waals surface area contributed by atoms with E-state index in [4.69, 9.17) is 11.6 Å². The summed E-state index contributed by atoms with van der Waals surface area (Å²) in [5.74, 6) is -3.41. The average Bonchev–Trinajstić information content (AvgIpc) is 2.74. The van der Waals surface area contributed by atoms with Crippen LogP contribution in [0.5, 0.6) is 5.75 Å². The van der Waals surface area contributed by atoms with Crippen molar-refractivity contribution < 1.29 is 44.5 Å². The van der Waals surface area contributed by atoms with E-state index in [9.17, 15) is 35.6 Å². The number of halogens is 5. The van der Waals surface area contributed by atoms with Gasteiger partial charge in [0.25, 0.3) is 5.91 Å². The van der Waals surface area contributed by atoms with E-state index < -0.39 is 50.7 Å². The average molecular weight is 514 g/mol. The van der Waals surface area contributed by atoms with Gasteiger partial charge >= 0.3 is 21.6 Å². The number of hydrogen-bond acceptors (Lipinski definition) is 6. The van der Waals surface area contributed by atoms with Crippen LogP contribution in [0, 0.1) is 5.82 Å². The maximum Gasteiger partial charge on any atom is 0.534 e. The Kier molecular flexibility index (Phi) is 10.1. The summed E-state index contributed by atoms with van der Waals surface area (Å²) in [6.07, 6.45) is -0.212. The number of nitrogens with one attached hydrogen (secondary N) is 1. The highest BCUT2D eigenvalue weighted by Crippen LogP contribution is 2.27. The molecule has 0 saturated carbocycles. The van der Waals surface area contributed by atoms with Gasteiger partial charge in [-0.25, -0.2) is 9.18 Å². The maximum atomic E-state index is 13.9. The van der Waals surface area contributed by atoms with Gasteiger partial charge < -0.3 is 14.2 Å². The van der Waals surface area contributed by atoms with Crippen LogP contribution in [-0.4, -0.2) is 39.0 Å². The fourth-order valence-electron chi connectivity index (χ4n) is 2.37.